The Bertz CT molecular complexity index is 473. The molecule has 98 valence electrons. The summed E-state index contributed by atoms with van der Waals surface area (Å²) in [4.78, 5) is 22.2. The van der Waals surface area contributed by atoms with Crippen molar-refractivity contribution in [1.29, 1.82) is 0 Å². The molecule has 0 fully saturated rings. The van der Waals surface area contributed by atoms with Crippen molar-refractivity contribution in [2.75, 3.05) is 10.6 Å². The molecule has 0 aliphatic carbocycles. The van der Waals surface area contributed by atoms with Gasteiger partial charge in [-0.25, -0.2) is 0 Å². The van der Waals surface area contributed by atoms with Crippen LogP contribution in [0.3, 0.4) is 0 Å². The van der Waals surface area contributed by atoms with Crippen LogP contribution in [0.4, 0.5) is 11.4 Å². The number of nitrogens with one attached hydrogen (secondary N) is 2. The Morgan fingerprint density at radius 2 is 1.56 bits per heavy atom. The first-order chi connectivity index (χ1) is 8.20. The lowest BCUT2D eigenvalue weighted by molar-refractivity contribution is -0.115. The molecule has 0 atom stereocenters. The van der Waals surface area contributed by atoms with Gasteiger partial charge in [0.05, 0.1) is 0 Å². The molecule has 18 heavy (non-hydrogen) atoms. The van der Waals surface area contributed by atoms with Crippen LogP contribution in [0.15, 0.2) is 18.2 Å². The van der Waals surface area contributed by atoms with Gasteiger partial charge < -0.3 is 10.6 Å². The van der Waals surface area contributed by atoms with Gasteiger partial charge in [-0.15, -0.1) is 0 Å². The Morgan fingerprint density at radius 3 is 2.00 bits per heavy atom. The number of anilines is 2. The Morgan fingerprint density at radius 1 is 1.00 bits per heavy atom. The van der Waals surface area contributed by atoms with Gasteiger partial charge in [-0.1, -0.05) is 20.8 Å². The number of hydrogen-bond donors (Lipinski definition) is 2. The van der Waals surface area contributed by atoms with Crippen LogP contribution in [0, 0.1) is 0 Å². The molecule has 0 unspecified atom stereocenters. The van der Waals surface area contributed by atoms with Crippen molar-refractivity contribution < 1.29 is 9.59 Å². The molecule has 0 saturated carbocycles. The molecule has 0 spiro atoms. The van der Waals surface area contributed by atoms with Crippen LogP contribution >= 0.6 is 0 Å². The van der Waals surface area contributed by atoms with Crippen molar-refractivity contribution in [2.45, 2.75) is 40.0 Å². The van der Waals surface area contributed by atoms with Crippen LogP contribution in [0.2, 0.25) is 0 Å². The molecular weight excluding hydrogens is 228 g/mol. The van der Waals surface area contributed by atoms with Crippen LogP contribution in [0.5, 0.6) is 0 Å². The van der Waals surface area contributed by atoms with Gasteiger partial charge in [0.25, 0.3) is 0 Å². The van der Waals surface area contributed by atoms with E-state index in [1.54, 1.807) is 6.07 Å². The molecule has 0 aliphatic heterocycles. The third-order valence-corrected chi connectivity index (χ3v) is 2.46. The molecule has 1 aromatic rings. The average Bonchev–Trinajstić information content (AvgIpc) is 2.17. The highest BCUT2D eigenvalue weighted by molar-refractivity contribution is 5.92. The molecule has 0 radical (unpaired) electrons. The fourth-order valence-corrected chi connectivity index (χ4v) is 1.74. The molecule has 0 saturated heterocycles. The molecule has 1 rings (SSSR count). The van der Waals surface area contributed by atoms with Crippen molar-refractivity contribution in [3.63, 3.8) is 0 Å². The minimum absolute atomic E-state index is 0.104. The van der Waals surface area contributed by atoms with Crippen LogP contribution in [0.25, 0.3) is 0 Å². The van der Waals surface area contributed by atoms with Gasteiger partial charge in [0.1, 0.15) is 0 Å². The molecule has 4 heteroatoms. The smallest absolute Gasteiger partial charge is 0.221 e. The molecule has 0 heterocycles. The van der Waals surface area contributed by atoms with Gasteiger partial charge in [0, 0.05) is 25.2 Å². The summed E-state index contributed by atoms with van der Waals surface area (Å²) < 4.78 is 0. The first-order valence-corrected chi connectivity index (χ1v) is 5.90. The zero-order chi connectivity index (χ0) is 13.9. The second-order valence-electron chi connectivity index (χ2n) is 5.37. The first-order valence-electron chi connectivity index (χ1n) is 5.90. The summed E-state index contributed by atoms with van der Waals surface area (Å²) in [7, 11) is 0. The monoisotopic (exact) mass is 248 g/mol. The summed E-state index contributed by atoms with van der Waals surface area (Å²) in [5.74, 6) is -0.213. The lowest BCUT2D eigenvalue weighted by atomic mass is 9.85. The second-order valence-corrected chi connectivity index (χ2v) is 5.37. The van der Waals surface area contributed by atoms with E-state index in [1.807, 2.05) is 12.1 Å². The average molecular weight is 248 g/mol. The predicted molar refractivity (Wildman–Crippen MR) is 73.7 cm³/mol. The van der Waals surface area contributed by atoms with E-state index in [0.717, 1.165) is 16.9 Å². The van der Waals surface area contributed by atoms with E-state index in [0.29, 0.717) is 0 Å². The van der Waals surface area contributed by atoms with Gasteiger partial charge >= 0.3 is 0 Å². The molecule has 0 aromatic heterocycles. The zero-order valence-electron chi connectivity index (χ0n) is 11.5. The molecule has 4 nitrogen and oxygen atoms in total. The molecule has 0 aliphatic rings. The Kier molecular flexibility index (Phi) is 4.11. The van der Waals surface area contributed by atoms with Crippen molar-refractivity contribution in [3.8, 4) is 0 Å². The molecule has 0 bridgehead atoms. The molecular formula is C14H20N2O2. The van der Waals surface area contributed by atoms with E-state index in [4.69, 9.17) is 0 Å². The highest BCUT2D eigenvalue weighted by Crippen LogP contribution is 2.32. The van der Waals surface area contributed by atoms with Crippen LogP contribution in [-0.2, 0) is 15.0 Å². The van der Waals surface area contributed by atoms with E-state index in [2.05, 4.69) is 31.4 Å². The number of amides is 2. The Balaban J connectivity index is 3.20. The van der Waals surface area contributed by atoms with E-state index < -0.39 is 0 Å². The van der Waals surface area contributed by atoms with Crippen molar-refractivity contribution in [1.82, 2.24) is 0 Å². The normalized spacial score (nSPS) is 10.9. The summed E-state index contributed by atoms with van der Waals surface area (Å²) >= 11 is 0. The van der Waals surface area contributed by atoms with Gasteiger partial charge in [-0.05, 0) is 29.2 Å². The Labute approximate surface area is 108 Å². The lowest BCUT2D eigenvalue weighted by Crippen LogP contribution is -2.18. The maximum Gasteiger partial charge on any atom is 0.221 e. The van der Waals surface area contributed by atoms with Crippen LogP contribution in [-0.4, -0.2) is 11.8 Å². The summed E-state index contributed by atoms with van der Waals surface area (Å²) in [6, 6.07) is 5.49. The predicted octanol–water partition coefficient (Wildman–Crippen LogP) is 2.90. The third kappa shape index (κ3) is 3.87. The van der Waals surface area contributed by atoms with Gasteiger partial charge in [0.15, 0.2) is 0 Å². The number of carbonyl (C=O) groups excluding carboxylic acids is 2. The molecule has 2 N–H and O–H groups in total. The van der Waals surface area contributed by atoms with Crippen LogP contribution < -0.4 is 10.6 Å². The van der Waals surface area contributed by atoms with E-state index in [9.17, 15) is 9.59 Å². The lowest BCUT2D eigenvalue weighted by Gasteiger charge is -2.24. The highest BCUT2D eigenvalue weighted by Gasteiger charge is 2.19. The second kappa shape index (κ2) is 5.21. The Hall–Kier alpha value is -1.84. The maximum atomic E-state index is 11.2. The van der Waals surface area contributed by atoms with E-state index in [-0.39, 0.29) is 17.2 Å². The van der Waals surface area contributed by atoms with Gasteiger partial charge in [0.2, 0.25) is 11.8 Å². The minimum Gasteiger partial charge on any atom is -0.326 e. The summed E-state index contributed by atoms with van der Waals surface area (Å²) in [5, 5.41) is 5.56. The molecule has 1 aromatic carbocycles. The highest BCUT2D eigenvalue weighted by atomic mass is 16.2. The van der Waals surface area contributed by atoms with Crippen molar-refractivity contribution in [3.05, 3.63) is 23.8 Å². The van der Waals surface area contributed by atoms with Gasteiger partial charge in [-0.2, -0.15) is 0 Å². The topological polar surface area (TPSA) is 58.2 Å². The zero-order valence-corrected chi connectivity index (χ0v) is 11.5. The van der Waals surface area contributed by atoms with Crippen LogP contribution in [0.1, 0.15) is 40.2 Å². The number of hydrogen-bond acceptors (Lipinski definition) is 2. The standard InChI is InChI=1S/C14H20N2O2/c1-9(17)15-11-6-7-13(16-10(2)18)12(8-11)14(3,4)5/h6-8H,1-5H3,(H,15,17)(H,16,18). The van der Waals surface area contributed by atoms with Crippen molar-refractivity contribution in [2.24, 2.45) is 0 Å². The quantitative estimate of drug-likeness (QED) is 0.845. The maximum absolute atomic E-state index is 11.2. The summed E-state index contributed by atoms with van der Waals surface area (Å²) in [6.45, 7) is 9.13. The van der Waals surface area contributed by atoms with Gasteiger partial charge in [-0.3, -0.25) is 9.59 Å². The summed E-state index contributed by atoms with van der Waals surface area (Å²) in [5.41, 5.74) is 2.39. The van der Waals surface area contributed by atoms with Crippen molar-refractivity contribution >= 4 is 23.2 Å². The third-order valence-electron chi connectivity index (χ3n) is 2.46. The fraction of sp³-hybridized carbons (Fsp3) is 0.429. The number of carbonyl (C=O) groups is 2. The number of benzene rings is 1. The number of rotatable bonds is 2. The van der Waals surface area contributed by atoms with E-state index >= 15 is 0 Å². The minimum atomic E-state index is -0.119. The first kappa shape index (κ1) is 14.2. The fourth-order valence-electron chi connectivity index (χ4n) is 1.74. The summed E-state index contributed by atoms with van der Waals surface area (Å²) in [6.07, 6.45) is 0. The largest absolute Gasteiger partial charge is 0.326 e. The SMILES string of the molecule is CC(=O)Nc1ccc(NC(C)=O)c(C(C)(C)C)c1. The van der Waals surface area contributed by atoms with E-state index in [1.165, 1.54) is 13.8 Å². The molecule has 2 amide bonds.